The van der Waals surface area contributed by atoms with Gasteiger partial charge in [-0.05, 0) is 42.3 Å². The summed E-state index contributed by atoms with van der Waals surface area (Å²) < 4.78 is 28.6. The molecule has 1 N–H and O–H groups in total. The first-order valence-electron chi connectivity index (χ1n) is 8.05. The molecule has 0 saturated heterocycles. The van der Waals surface area contributed by atoms with Gasteiger partial charge in [-0.2, -0.15) is 4.72 Å². The maximum Gasteiger partial charge on any atom is 0.241 e. The van der Waals surface area contributed by atoms with E-state index in [2.05, 4.69) is 9.71 Å². The normalized spacial score (nSPS) is 12.5. The topological polar surface area (TPSA) is 76.1 Å². The molecule has 0 saturated carbocycles. The van der Waals surface area contributed by atoms with E-state index in [1.807, 2.05) is 30.3 Å². The first kappa shape index (κ1) is 18.0. The van der Waals surface area contributed by atoms with Gasteiger partial charge >= 0.3 is 0 Å². The van der Waals surface area contributed by atoms with Gasteiger partial charge in [0.15, 0.2) is 5.78 Å². The van der Waals surface area contributed by atoms with Gasteiger partial charge in [0.2, 0.25) is 10.0 Å². The minimum absolute atomic E-state index is 0.0557. The van der Waals surface area contributed by atoms with Crippen LogP contribution < -0.4 is 4.72 Å². The van der Waals surface area contributed by atoms with E-state index in [1.165, 1.54) is 19.1 Å². The summed E-state index contributed by atoms with van der Waals surface area (Å²) in [5.74, 6) is -0.184. The van der Waals surface area contributed by atoms with Crippen molar-refractivity contribution in [2.45, 2.75) is 17.9 Å². The van der Waals surface area contributed by atoms with Crippen LogP contribution in [-0.2, 0) is 10.0 Å². The lowest BCUT2D eigenvalue weighted by atomic mass is 10.0. The van der Waals surface area contributed by atoms with Crippen LogP contribution in [0.25, 0.3) is 0 Å². The zero-order chi connectivity index (χ0) is 18.6. The number of nitrogens with one attached hydrogen (secondary N) is 1. The van der Waals surface area contributed by atoms with Crippen LogP contribution >= 0.6 is 0 Å². The van der Waals surface area contributed by atoms with Crippen molar-refractivity contribution in [1.29, 1.82) is 0 Å². The Kier molecular flexibility index (Phi) is 5.25. The fraction of sp³-hybridized carbons (Fsp3) is 0.100. The Labute approximate surface area is 152 Å². The third kappa shape index (κ3) is 4.04. The number of benzene rings is 2. The van der Waals surface area contributed by atoms with Gasteiger partial charge in [-0.15, -0.1) is 0 Å². The lowest BCUT2D eigenvalue weighted by Crippen LogP contribution is -2.29. The van der Waals surface area contributed by atoms with E-state index in [9.17, 15) is 13.2 Å². The van der Waals surface area contributed by atoms with E-state index in [4.69, 9.17) is 0 Å². The summed E-state index contributed by atoms with van der Waals surface area (Å²) in [4.78, 5) is 15.6. The first-order valence-corrected chi connectivity index (χ1v) is 9.54. The molecule has 1 aromatic heterocycles. The second kappa shape index (κ2) is 7.59. The summed E-state index contributed by atoms with van der Waals surface area (Å²) in [5.41, 5.74) is 1.94. The lowest BCUT2D eigenvalue weighted by molar-refractivity contribution is 0.101. The van der Waals surface area contributed by atoms with E-state index < -0.39 is 16.1 Å². The van der Waals surface area contributed by atoms with Gasteiger partial charge in [0.05, 0.1) is 10.9 Å². The zero-order valence-corrected chi connectivity index (χ0v) is 15.0. The molecule has 3 aromatic rings. The number of sulfonamides is 1. The van der Waals surface area contributed by atoms with Crippen molar-refractivity contribution in [2.24, 2.45) is 0 Å². The molecule has 0 aliphatic carbocycles. The van der Waals surface area contributed by atoms with Gasteiger partial charge in [0.1, 0.15) is 0 Å². The summed E-state index contributed by atoms with van der Waals surface area (Å²) in [6.07, 6.45) is 3.24. The number of carbonyl (C=O) groups excluding carboxylic acids is 1. The van der Waals surface area contributed by atoms with Crippen molar-refractivity contribution in [3.05, 3.63) is 95.8 Å². The summed E-state index contributed by atoms with van der Waals surface area (Å²) in [5, 5.41) is 0. The Balaban J connectivity index is 2.01. The average molecular weight is 366 g/mol. The molecule has 26 heavy (non-hydrogen) atoms. The Morgan fingerprint density at radius 3 is 2.23 bits per heavy atom. The summed E-state index contributed by atoms with van der Waals surface area (Å²) in [6.45, 7) is 1.41. The van der Waals surface area contributed by atoms with Gasteiger partial charge in [-0.1, -0.05) is 42.5 Å². The highest BCUT2D eigenvalue weighted by Gasteiger charge is 2.23. The van der Waals surface area contributed by atoms with Crippen LogP contribution in [0.1, 0.15) is 34.5 Å². The molecule has 132 valence electrons. The van der Waals surface area contributed by atoms with Crippen LogP contribution in [0.3, 0.4) is 0 Å². The number of nitrogens with zero attached hydrogens (tertiary/aromatic N) is 1. The van der Waals surface area contributed by atoms with Crippen molar-refractivity contribution >= 4 is 15.8 Å². The molecule has 0 bridgehead atoms. The quantitative estimate of drug-likeness (QED) is 0.679. The largest absolute Gasteiger partial charge is 0.295 e. The Bertz CT molecular complexity index is 964. The molecule has 3 rings (SSSR count). The molecule has 2 aromatic carbocycles. The molecular formula is C20H18N2O3S. The minimum Gasteiger partial charge on any atom is -0.295 e. The van der Waals surface area contributed by atoms with Crippen molar-refractivity contribution in [3.8, 4) is 0 Å². The smallest absolute Gasteiger partial charge is 0.241 e. The van der Waals surface area contributed by atoms with Crippen LogP contribution in [0.4, 0.5) is 0 Å². The van der Waals surface area contributed by atoms with E-state index in [0.717, 1.165) is 11.1 Å². The van der Waals surface area contributed by atoms with Crippen LogP contribution in [0.5, 0.6) is 0 Å². The average Bonchev–Trinajstić information content (AvgIpc) is 2.67. The molecule has 1 atom stereocenters. The molecule has 0 spiro atoms. The van der Waals surface area contributed by atoms with Crippen molar-refractivity contribution < 1.29 is 13.2 Å². The summed E-state index contributed by atoms with van der Waals surface area (Å²) in [6, 6.07) is 18.3. The number of ketones is 1. The first-order chi connectivity index (χ1) is 12.5. The highest BCUT2D eigenvalue weighted by Crippen LogP contribution is 2.24. The molecule has 5 nitrogen and oxygen atoms in total. The number of Topliss-reactive ketones (excluding diaryl/α,β-unsaturated/α-hetero) is 1. The van der Waals surface area contributed by atoms with Crippen LogP contribution in [0.2, 0.25) is 0 Å². The van der Waals surface area contributed by atoms with Crippen molar-refractivity contribution in [2.75, 3.05) is 0 Å². The molecule has 0 aliphatic heterocycles. The van der Waals surface area contributed by atoms with Crippen molar-refractivity contribution in [1.82, 2.24) is 9.71 Å². The Morgan fingerprint density at radius 2 is 1.58 bits per heavy atom. The Morgan fingerprint density at radius 1 is 0.923 bits per heavy atom. The van der Waals surface area contributed by atoms with Crippen molar-refractivity contribution in [3.63, 3.8) is 0 Å². The van der Waals surface area contributed by atoms with E-state index in [-0.39, 0.29) is 10.7 Å². The standard InChI is InChI=1S/C20H18N2O3S/c1-15(23)18-8-5-9-19(14-18)26(24,25)22-20(16-6-3-2-4-7-16)17-10-12-21-13-11-17/h2-14,20,22H,1H3. The highest BCUT2D eigenvalue weighted by atomic mass is 32.2. The van der Waals surface area contributed by atoms with E-state index in [1.54, 1.807) is 36.7 Å². The third-order valence-electron chi connectivity index (χ3n) is 4.00. The monoisotopic (exact) mass is 366 g/mol. The zero-order valence-electron chi connectivity index (χ0n) is 14.2. The summed E-state index contributed by atoms with van der Waals surface area (Å²) in [7, 11) is -3.83. The van der Waals surface area contributed by atoms with Crippen LogP contribution in [0.15, 0.2) is 84.0 Å². The predicted octanol–water partition coefficient (Wildman–Crippen LogP) is 3.35. The molecule has 6 heteroatoms. The number of aromatic nitrogens is 1. The maximum absolute atomic E-state index is 12.9. The van der Waals surface area contributed by atoms with Gasteiger partial charge in [0.25, 0.3) is 0 Å². The SMILES string of the molecule is CC(=O)c1cccc(S(=O)(=O)NC(c2ccccc2)c2ccncc2)c1. The van der Waals surface area contributed by atoms with Crippen LogP contribution in [0, 0.1) is 0 Å². The predicted molar refractivity (Wildman–Crippen MR) is 99.3 cm³/mol. The molecule has 0 radical (unpaired) electrons. The molecule has 1 unspecified atom stereocenters. The second-order valence-electron chi connectivity index (χ2n) is 5.83. The Hall–Kier alpha value is -2.83. The molecule has 0 aliphatic rings. The fourth-order valence-corrected chi connectivity index (χ4v) is 3.89. The molecule has 1 heterocycles. The van der Waals surface area contributed by atoms with Crippen LogP contribution in [-0.4, -0.2) is 19.2 Å². The number of hydrogen-bond donors (Lipinski definition) is 1. The van der Waals surface area contributed by atoms with E-state index >= 15 is 0 Å². The van der Waals surface area contributed by atoms with Gasteiger partial charge in [-0.25, -0.2) is 8.42 Å². The second-order valence-corrected chi connectivity index (χ2v) is 7.54. The summed E-state index contributed by atoms with van der Waals surface area (Å²) >= 11 is 0. The number of hydrogen-bond acceptors (Lipinski definition) is 4. The van der Waals surface area contributed by atoms with Gasteiger partial charge in [0, 0.05) is 18.0 Å². The number of carbonyl (C=O) groups is 1. The minimum atomic E-state index is -3.83. The number of pyridine rings is 1. The molecular weight excluding hydrogens is 348 g/mol. The number of rotatable bonds is 6. The highest BCUT2D eigenvalue weighted by molar-refractivity contribution is 7.89. The third-order valence-corrected chi connectivity index (χ3v) is 5.42. The molecule has 0 amide bonds. The van der Waals surface area contributed by atoms with Gasteiger partial charge < -0.3 is 0 Å². The fourth-order valence-electron chi connectivity index (χ4n) is 2.64. The maximum atomic E-state index is 12.9. The lowest BCUT2D eigenvalue weighted by Gasteiger charge is -2.20. The van der Waals surface area contributed by atoms with Gasteiger partial charge in [-0.3, -0.25) is 9.78 Å². The van der Waals surface area contributed by atoms with E-state index in [0.29, 0.717) is 5.56 Å². The molecule has 0 fully saturated rings.